The molecule has 0 aliphatic heterocycles. The van der Waals surface area contributed by atoms with E-state index in [4.69, 9.17) is 0 Å². The zero-order valence-electron chi connectivity index (χ0n) is 12.6. The molecule has 0 saturated carbocycles. The predicted molar refractivity (Wildman–Crippen MR) is 70.5 cm³/mol. The Hall–Kier alpha value is -1.78. The van der Waals surface area contributed by atoms with Crippen LogP contribution in [0, 0.1) is 10.4 Å². The Morgan fingerprint density at radius 2 is 1.17 bits per heavy atom. The van der Waals surface area contributed by atoms with Gasteiger partial charge in [-0.25, -0.2) is 0 Å². The van der Waals surface area contributed by atoms with E-state index >= 15 is 0 Å². The summed E-state index contributed by atoms with van der Waals surface area (Å²) in [7, 11) is -6.32. The van der Waals surface area contributed by atoms with Gasteiger partial charge in [-0.1, -0.05) is 0 Å². The predicted octanol–water partition coefficient (Wildman–Crippen LogP) is -1.32. The number of hydroxylamine groups is 2. The molecule has 16 heteroatoms. The van der Waals surface area contributed by atoms with E-state index in [0.29, 0.717) is 12.5 Å². The summed E-state index contributed by atoms with van der Waals surface area (Å²) in [4.78, 5) is 7.45. The fourth-order valence-electron chi connectivity index (χ4n) is 1.04. The first-order valence-corrected chi connectivity index (χ1v) is 9.13. The van der Waals surface area contributed by atoms with Gasteiger partial charge < -0.3 is 20.1 Å². The molecule has 0 heterocycles. The quantitative estimate of drug-likeness (QED) is 0.145. The molecule has 136 valence electrons. The minimum absolute atomic E-state index is 0.459. The summed E-state index contributed by atoms with van der Waals surface area (Å²) >= 11 is 0. The van der Waals surface area contributed by atoms with Crippen molar-refractivity contribution in [3.63, 3.8) is 0 Å². The highest BCUT2D eigenvalue weighted by atomic mass is 32.2. The van der Waals surface area contributed by atoms with Crippen LogP contribution in [-0.2, 0) is 38.3 Å². The molecule has 0 aliphatic rings. The molecule has 0 fully saturated rings. The zero-order chi connectivity index (χ0) is 18.3. The van der Waals surface area contributed by atoms with Crippen LogP contribution in [0.4, 0.5) is 0 Å². The molecule has 0 spiro atoms. The summed E-state index contributed by atoms with van der Waals surface area (Å²) in [6.07, 6.45) is 1.28. The van der Waals surface area contributed by atoms with Gasteiger partial charge in [0.2, 0.25) is 23.8 Å². The van der Waals surface area contributed by atoms with Crippen molar-refractivity contribution in [3.05, 3.63) is 10.4 Å². The average molecular weight is 380 g/mol. The molecule has 23 heavy (non-hydrogen) atoms. The zero-order valence-corrected chi connectivity index (χ0v) is 14.2. The van der Waals surface area contributed by atoms with Crippen LogP contribution < -0.4 is 0 Å². The lowest BCUT2D eigenvalue weighted by atomic mass is 10.2. The van der Waals surface area contributed by atoms with Crippen molar-refractivity contribution in [2.24, 2.45) is 10.6 Å². The van der Waals surface area contributed by atoms with Crippen LogP contribution >= 0.6 is 0 Å². The minimum atomic E-state index is -4.11. The first-order valence-electron chi connectivity index (χ1n) is 5.49. The van der Waals surface area contributed by atoms with Crippen molar-refractivity contribution >= 4 is 20.2 Å². The summed E-state index contributed by atoms with van der Waals surface area (Å²) in [6, 6.07) is 0. The Labute approximate surface area is 132 Å². The molecule has 0 aliphatic carbocycles. The number of nitrogens with zero attached hydrogens (tertiary/aromatic N) is 4. The topological polar surface area (TPSA) is 182 Å². The maximum atomic E-state index is 11.9. The highest BCUT2D eigenvalue weighted by molar-refractivity contribution is 7.86. The van der Waals surface area contributed by atoms with Crippen molar-refractivity contribution in [2.75, 3.05) is 39.9 Å². The summed E-state index contributed by atoms with van der Waals surface area (Å²) in [5.41, 5.74) is -2.70. The molecule has 0 aromatic rings. The first-order chi connectivity index (χ1) is 10.4. The fraction of sp³-hybridized carbons (Fsp3) is 1.00. The van der Waals surface area contributed by atoms with Crippen molar-refractivity contribution < 1.29 is 44.6 Å². The maximum Gasteiger partial charge on any atom is 0.472 e. The fourth-order valence-corrected chi connectivity index (χ4v) is 1.84. The van der Waals surface area contributed by atoms with Gasteiger partial charge in [0.15, 0.2) is 0 Å². The molecule has 0 amide bonds. The Balaban J connectivity index is 5.99. The van der Waals surface area contributed by atoms with E-state index in [9.17, 15) is 27.3 Å². The van der Waals surface area contributed by atoms with Gasteiger partial charge in [-0.2, -0.15) is 16.8 Å². The van der Waals surface area contributed by atoms with Crippen LogP contribution in [-0.4, -0.2) is 72.2 Å². The monoisotopic (exact) mass is 380 g/mol. The molecule has 0 saturated heterocycles. The van der Waals surface area contributed by atoms with E-state index in [1.807, 2.05) is 0 Å². The smallest absolute Gasteiger partial charge is 0.472 e. The third kappa shape index (κ3) is 7.35. The molecule has 0 unspecified atom stereocenters. The van der Waals surface area contributed by atoms with Crippen LogP contribution in [0.1, 0.15) is 0 Å². The minimum Gasteiger partial charge on any atom is -0.592 e. The van der Waals surface area contributed by atoms with Crippen molar-refractivity contribution in [1.82, 2.24) is 0 Å². The summed E-state index contributed by atoms with van der Waals surface area (Å²) in [5.74, 6) is 0. The van der Waals surface area contributed by atoms with E-state index in [2.05, 4.69) is 28.6 Å². The Bertz CT molecular complexity index is 597. The second kappa shape index (κ2) is 8.18. The van der Waals surface area contributed by atoms with Crippen molar-refractivity contribution in [1.29, 1.82) is 0 Å². The molecule has 0 rings (SSSR count). The SMILES string of the molecule is CON=[N+]([O-])C(COS(C)(=O)=O)(COS(C)(=O)=O)[N+]([O-])=NOC. The van der Waals surface area contributed by atoms with Gasteiger partial charge >= 0.3 is 5.66 Å². The lowest BCUT2D eigenvalue weighted by Crippen LogP contribution is -2.55. The lowest BCUT2D eigenvalue weighted by Gasteiger charge is -2.22. The third-order valence-electron chi connectivity index (χ3n) is 2.03. The molecule has 0 atom stereocenters. The summed E-state index contributed by atoms with van der Waals surface area (Å²) < 4.78 is 53.1. The Kier molecular flexibility index (Phi) is 7.55. The molecule has 0 bridgehead atoms. The molecular formula is C7H16N4O10S2. The molecule has 0 N–H and O–H groups in total. The van der Waals surface area contributed by atoms with Crippen LogP contribution in [0.15, 0.2) is 10.6 Å². The van der Waals surface area contributed by atoms with E-state index in [-0.39, 0.29) is 0 Å². The number of hydrogen-bond acceptors (Lipinski definition) is 12. The number of hydrogen-bond donors (Lipinski definition) is 0. The van der Waals surface area contributed by atoms with Gasteiger partial charge in [-0.15, -0.1) is 0 Å². The van der Waals surface area contributed by atoms with Gasteiger partial charge in [0.25, 0.3) is 20.2 Å². The van der Waals surface area contributed by atoms with E-state index in [1.165, 1.54) is 0 Å². The van der Waals surface area contributed by atoms with Crippen LogP contribution in [0.25, 0.3) is 0 Å². The highest BCUT2D eigenvalue weighted by Crippen LogP contribution is 2.17. The largest absolute Gasteiger partial charge is 0.592 e. The second-order valence-corrected chi connectivity index (χ2v) is 7.28. The van der Waals surface area contributed by atoms with Gasteiger partial charge in [0.05, 0.1) is 12.5 Å². The first kappa shape index (κ1) is 21.2. The van der Waals surface area contributed by atoms with Gasteiger partial charge in [0.1, 0.15) is 14.2 Å². The molecule has 0 aromatic heterocycles. The average Bonchev–Trinajstić information content (AvgIpc) is 2.37. The van der Waals surface area contributed by atoms with E-state index in [0.717, 1.165) is 14.2 Å². The van der Waals surface area contributed by atoms with Crippen LogP contribution in [0.3, 0.4) is 0 Å². The van der Waals surface area contributed by atoms with Crippen LogP contribution in [0.5, 0.6) is 0 Å². The summed E-state index contributed by atoms with van der Waals surface area (Å²) in [5, 5.41) is 29.6. The van der Waals surface area contributed by atoms with Crippen molar-refractivity contribution in [2.45, 2.75) is 5.66 Å². The maximum absolute atomic E-state index is 11.9. The molecule has 0 aromatic carbocycles. The van der Waals surface area contributed by atoms with Gasteiger partial charge in [0, 0.05) is 9.72 Å². The Morgan fingerprint density at radius 1 is 0.870 bits per heavy atom. The Morgan fingerprint density at radius 3 is 1.39 bits per heavy atom. The number of rotatable bonds is 10. The van der Waals surface area contributed by atoms with Gasteiger partial charge in [-0.3, -0.25) is 8.37 Å². The third-order valence-corrected chi connectivity index (χ3v) is 3.12. The summed E-state index contributed by atoms with van der Waals surface area (Å²) in [6.45, 7) is -2.37. The van der Waals surface area contributed by atoms with Crippen molar-refractivity contribution in [3.8, 4) is 0 Å². The molecular weight excluding hydrogens is 364 g/mol. The highest BCUT2D eigenvalue weighted by Gasteiger charge is 2.56. The van der Waals surface area contributed by atoms with Crippen LogP contribution in [0.2, 0.25) is 0 Å². The standard InChI is InChI=1S/C7H16N4O10S2/c1-18-8-10(12)7(11(13)9-19-2,5-20-22(3,14)15)6-21-23(4,16)17/h5-6H2,1-4H3. The second-order valence-electron chi connectivity index (χ2n) is 3.99. The molecule has 14 nitrogen and oxygen atoms in total. The normalized spacial score (nSPS) is 14.6. The van der Waals surface area contributed by atoms with Gasteiger partial charge in [-0.05, 0) is 0 Å². The van der Waals surface area contributed by atoms with E-state index < -0.39 is 48.8 Å². The lowest BCUT2D eigenvalue weighted by molar-refractivity contribution is -0.847. The molecule has 0 radical (unpaired) electrons. The van der Waals surface area contributed by atoms with E-state index in [1.54, 1.807) is 0 Å².